The molecule has 0 saturated carbocycles. The summed E-state index contributed by atoms with van der Waals surface area (Å²) in [5.41, 5.74) is 9.99. The number of aromatic amines is 4. The Morgan fingerprint density at radius 1 is 0.323 bits per heavy atom. The first-order valence-electron chi connectivity index (χ1n) is 38.6. The van der Waals surface area contributed by atoms with Crippen molar-refractivity contribution in [3.05, 3.63) is 315 Å². The third-order valence-electron chi connectivity index (χ3n) is 20.8. The SMILES string of the molecule is Cc1cc2nc3c(=O)[nH]c(=O)nc-3n(CCNCc3cc(Cl)ccc3Cl)c2cc1C.Cc1cc2nc3c(=O)[nH]c(=O)nc-3n(CCNCc3ccc(Cl)cc3Cl)c2cc1C.Cc1cc2nc3c(=O)[nH]c(=O)nc-3n(CCNCc3cccc(C(F)(F)F)c3)c2cc1C.Cc1cc2nc3c(=O)[nH]c(=O)nc-3n(CCNCc3ccccc3C(F)(F)F)c2cc1C. The Labute approximate surface area is 719 Å². The van der Waals surface area contributed by atoms with E-state index in [4.69, 9.17) is 46.4 Å². The molecular formula is C86H78Cl4F6N20O8. The van der Waals surface area contributed by atoms with Crippen LogP contribution in [0.15, 0.2) is 172 Å². The van der Waals surface area contributed by atoms with E-state index in [0.29, 0.717) is 111 Å². The monoisotopic (exact) mass is 1770 g/mol. The average Bonchev–Trinajstić information content (AvgIpc) is 0.769. The van der Waals surface area contributed by atoms with Crippen LogP contribution < -0.4 is 66.3 Å². The van der Waals surface area contributed by atoms with Crippen LogP contribution in [0, 0.1) is 55.4 Å². The Morgan fingerprint density at radius 3 is 1.02 bits per heavy atom. The highest BCUT2D eigenvalue weighted by molar-refractivity contribution is 6.35. The number of hydrogen-bond acceptors (Lipinski definition) is 20. The molecule has 0 atom stereocenters. The summed E-state index contributed by atoms with van der Waals surface area (Å²) in [5, 5.41) is 15.2. The number of rotatable bonds is 20. The molecule has 0 spiro atoms. The van der Waals surface area contributed by atoms with Gasteiger partial charge < -0.3 is 39.5 Å². The minimum absolute atomic E-state index is 0.0101. The van der Waals surface area contributed by atoms with E-state index in [-0.39, 0.29) is 77.8 Å². The van der Waals surface area contributed by atoms with Gasteiger partial charge in [-0.25, -0.2) is 39.1 Å². The fourth-order valence-corrected chi connectivity index (χ4v) is 14.8. The Balaban J connectivity index is 0.000000142. The van der Waals surface area contributed by atoms with Crippen LogP contribution in [0.2, 0.25) is 20.1 Å². The summed E-state index contributed by atoms with van der Waals surface area (Å²) in [6.45, 7) is 20.4. The van der Waals surface area contributed by atoms with Gasteiger partial charge >= 0.3 is 35.1 Å². The number of hydrogen-bond donors (Lipinski definition) is 8. The zero-order chi connectivity index (χ0) is 88.9. The number of nitrogens with zero attached hydrogens (tertiary/aromatic N) is 12. The zero-order valence-corrected chi connectivity index (χ0v) is 70.6. The minimum atomic E-state index is -4.44. The molecule has 640 valence electrons. The van der Waals surface area contributed by atoms with Crippen LogP contribution in [0.1, 0.15) is 77.9 Å². The molecule has 0 aliphatic carbocycles. The van der Waals surface area contributed by atoms with Crippen molar-refractivity contribution < 1.29 is 26.3 Å². The van der Waals surface area contributed by atoms with E-state index in [1.54, 1.807) is 45.5 Å². The lowest BCUT2D eigenvalue weighted by molar-refractivity contribution is -0.138. The summed E-state index contributed by atoms with van der Waals surface area (Å²) in [6.07, 6.45) is -8.83. The molecule has 0 unspecified atom stereocenters. The highest BCUT2D eigenvalue weighted by Crippen LogP contribution is 2.34. The van der Waals surface area contributed by atoms with Crippen LogP contribution in [0.5, 0.6) is 0 Å². The van der Waals surface area contributed by atoms with Crippen LogP contribution >= 0.6 is 46.4 Å². The summed E-state index contributed by atoms with van der Waals surface area (Å²) < 4.78 is 85.5. The zero-order valence-electron chi connectivity index (χ0n) is 67.6. The van der Waals surface area contributed by atoms with Crippen molar-refractivity contribution in [1.29, 1.82) is 0 Å². The van der Waals surface area contributed by atoms with Gasteiger partial charge in [-0.3, -0.25) is 39.1 Å². The van der Waals surface area contributed by atoms with Crippen molar-refractivity contribution in [2.75, 3.05) is 26.2 Å². The van der Waals surface area contributed by atoms with Crippen molar-refractivity contribution in [2.24, 2.45) is 0 Å². The van der Waals surface area contributed by atoms with E-state index in [1.807, 2.05) is 125 Å². The highest BCUT2D eigenvalue weighted by Gasteiger charge is 2.34. The second kappa shape index (κ2) is 37.7. The second-order valence-electron chi connectivity index (χ2n) is 29.5. The number of alkyl halides is 6. The van der Waals surface area contributed by atoms with Crippen LogP contribution in [0.3, 0.4) is 0 Å². The lowest BCUT2D eigenvalue weighted by atomic mass is 10.1. The summed E-state index contributed by atoms with van der Waals surface area (Å²) in [6, 6.07) is 36.6. The molecule has 8 N–H and O–H groups in total. The molecule has 124 heavy (non-hydrogen) atoms. The Kier molecular flexibility index (Phi) is 27.1. The summed E-state index contributed by atoms with van der Waals surface area (Å²) in [5.74, 6) is 0.829. The van der Waals surface area contributed by atoms with Gasteiger partial charge in [0.1, 0.15) is 0 Å². The molecule has 8 aromatic rings. The van der Waals surface area contributed by atoms with E-state index in [0.717, 1.165) is 84.9 Å². The van der Waals surface area contributed by atoms with Gasteiger partial charge in [-0.2, -0.15) is 46.3 Å². The van der Waals surface area contributed by atoms with Gasteiger partial charge in [0.05, 0.1) is 55.3 Å². The number of nitrogens with one attached hydrogen (secondary N) is 8. The molecule has 8 heterocycles. The number of fused-ring (bicyclic) bond motifs is 8. The predicted molar refractivity (Wildman–Crippen MR) is 465 cm³/mol. The smallest absolute Gasteiger partial charge is 0.321 e. The molecule has 16 rings (SSSR count). The maximum Gasteiger partial charge on any atom is 0.416 e. The van der Waals surface area contributed by atoms with Crippen molar-refractivity contribution in [1.82, 2.24) is 99.3 Å². The topological polar surface area (TPSA) is 371 Å². The first kappa shape index (κ1) is 89.2. The van der Waals surface area contributed by atoms with Crippen molar-refractivity contribution in [2.45, 2.75) is 120 Å². The Hall–Kier alpha value is -12.5. The molecule has 0 bridgehead atoms. The van der Waals surface area contributed by atoms with Gasteiger partial charge in [0.25, 0.3) is 22.2 Å². The first-order chi connectivity index (χ1) is 58.9. The molecule has 0 amide bonds. The van der Waals surface area contributed by atoms with Crippen molar-refractivity contribution in [3.63, 3.8) is 0 Å². The van der Waals surface area contributed by atoms with Crippen LogP contribution in [-0.2, 0) is 64.7 Å². The molecular weight excluding hydrogens is 1700 g/mol. The molecule has 8 aliphatic rings. The van der Waals surface area contributed by atoms with Gasteiger partial charge in [0.2, 0.25) is 0 Å². The van der Waals surface area contributed by atoms with Crippen LogP contribution in [-0.4, -0.2) is 104 Å². The van der Waals surface area contributed by atoms with E-state index >= 15 is 0 Å². The van der Waals surface area contributed by atoms with E-state index in [2.05, 4.69) is 81.1 Å². The Bertz CT molecular complexity index is 7170. The quantitative estimate of drug-likeness (QED) is 0.0200. The molecule has 0 fully saturated rings. The lowest BCUT2D eigenvalue weighted by Crippen LogP contribution is -2.30. The van der Waals surface area contributed by atoms with E-state index in [1.165, 1.54) is 18.2 Å². The standard InChI is InChI=1S/2C22H20F3N5O2.2C21H19Cl2N5O2/c1-12-8-16-17(9-13(12)2)30(19-18(27-16)20(31)29-21(32)28-19)7-6-26-11-14-4-3-5-15(10-14)22(23,24)25;1-12-9-16-17(10-13(12)2)30(19-18(27-16)20(31)29-21(32)28-19)8-7-26-11-14-5-3-4-6-15(14)22(23,24)25;1-11-7-16-17(8-12(11)2)28(19-18(25-16)20(29)27-21(30)26-19)6-5-24-10-13-9-14(22)3-4-15(13)23;1-11-7-16-17(8-12(11)2)28(19-18(25-16)20(29)27-21(30)26-19)6-5-24-10-13-3-4-14(22)9-15(13)23/h3-5,8-10,26H,6-7,11H2,1-2H3,(H,29,31,32);3-6,9-10,26H,7-8,11H2,1-2H3,(H,29,31,32);2*3-4,7-9,24H,5-6,10H2,1-2H3,(H,27,29,30). The summed E-state index contributed by atoms with van der Waals surface area (Å²) in [7, 11) is 0. The average molecular weight is 1780 g/mol. The molecule has 0 radical (unpaired) electrons. The maximum absolute atomic E-state index is 13.2. The van der Waals surface area contributed by atoms with E-state index in [9.17, 15) is 64.7 Å². The van der Waals surface area contributed by atoms with Gasteiger partial charge in [-0.1, -0.05) is 88.9 Å². The number of aromatic nitrogens is 16. The molecule has 0 aromatic heterocycles. The second-order valence-corrected chi connectivity index (χ2v) is 31.1. The summed E-state index contributed by atoms with van der Waals surface area (Å²) >= 11 is 24.4. The van der Waals surface area contributed by atoms with Gasteiger partial charge in [0.15, 0.2) is 46.1 Å². The summed E-state index contributed by atoms with van der Waals surface area (Å²) in [4.78, 5) is 139. The van der Waals surface area contributed by atoms with Crippen molar-refractivity contribution >= 4 is 90.5 Å². The lowest BCUT2D eigenvalue weighted by Gasteiger charge is -2.18. The van der Waals surface area contributed by atoms with E-state index < -0.39 is 68.5 Å². The number of benzene rings is 8. The fourth-order valence-electron chi connectivity index (χ4n) is 13.9. The molecule has 0 saturated heterocycles. The van der Waals surface area contributed by atoms with Gasteiger partial charge in [0, 0.05) is 98.6 Å². The molecule has 8 aliphatic heterocycles. The first-order valence-corrected chi connectivity index (χ1v) is 40.2. The van der Waals surface area contributed by atoms with Crippen LogP contribution in [0.25, 0.3) is 90.2 Å². The number of aryl methyl sites for hydroxylation is 8. The highest BCUT2D eigenvalue weighted by atomic mass is 35.5. The van der Waals surface area contributed by atoms with Gasteiger partial charge in [-0.15, -0.1) is 0 Å². The number of H-pyrrole nitrogens is 4. The third kappa shape index (κ3) is 20.5. The van der Waals surface area contributed by atoms with Crippen LogP contribution in [0.4, 0.5) is 26.3 Å². The van der Waals surface area contributed by atoms with Gasteiger partial charge in [-0.05, 0) is 213 Å². The molecule has 28 nitrogen and oxygen atoms in total. The molecule has 8 aromatic carbocycles. The maximum atomic E-state index is 13.2. The normalized spacial score (nSPS) is 11.8. The predicted octanol–water partition coefficient (Wildman–Crippen LogP) is 12.6. The Morgan fingerprint density at radius 2 is 0.653 bits per heavy atom. The third-order valence-corrected chi connectivity index (χ3v) is 22.0. The fraction of sp³-hybridized carbons (Fsp3) is 0.256. The number of halogens is 10. The van der Waals surface area contributed by atoms with Crippen molar-refractivity contribution in [3.8, 4) is 46.1 Å². The minimum Gasteiger partial charge on any atom is -0.321 e. The largest absolute Gasteiger partial charge is 0.416 e. The molecule has 38 heteroatoms.